The maximum absolute atomic E-state index is 11.0. The number of guanidine groups is 1. The summed E-state index contributed by atoms with van der Waals surface area (Å²) in [5, 5.41) is 6.31. The van der Waals surface area contributed by atoms with Crippen LogP contribution in [0.4, 0.5) is 0 Å². The van der Waals surface area contributed by atoms with E-state index >= 15 is 0 Å². The van der Waals surface area contributed by atoms with E-state index < -0.39 is 10.0 Å². The molecule has 0 heterocycles. The molecule has 0 saturated carbocycles. The third-order valence-corrected chi connectivity index (χ3v) is 3.90. The fourth-order valence-corrected chi connectivity index (χ4v) is 2.47. The number of sulfonamides is 1. The first-order chi connectivity index (χ1) is 11.4. The van der Waals surface area contributed by atoms with Crippen LogP contribution in [0.1, 0.15) is 12.0 Å². The Morgan fingerprint density at radius 1 is 1.16 bits per heavy atom. The molecule has 8 nitrogen and oxygen atoms in total. The molecule has 1 aromatic rings. The SMILES string of the molecule is CN=C(NCCCNS(C)(=O)=O)NCc1ccc(OC)cc1OC.I. The molecule has 0 radical (unpaired) electrons. The van der Waals surface area contributed by atoms with Gasteiger partial charge in [0.1, 0.15) is 11.5 Å². The lowest BCUT2D eigenvalue weighted by molar-refractivity contribution is 0.390. The molecule has 144 valence electrons. The first kappa shape index (κ1) is 23.7. The number of nitrogens with one attached hydrogen (secondary N) is 3. The Morgan fingerprint density at radius 3 is 2.44 bits per heavy atom. The van der Waals surface area contributed by atoms with Gasteiger partial charge in [0.2, 0.25) is 10.0 Å². The van der Waals surface area contributed by atoms with Crippen molar-refractivity contribution in [1.29, 1.82) is 0 Å². The van der Waals surface area contributed by atoms with Gasteiger partial charge in [0.25, 0.3) is 0 Å². The lowest BCUT2D eigenvalue weighted by atomic mass is 10.2. The van der Waals surface area contributed by atoms with Crippen LogP contribution in [0.25, 0.3) is 0 Å². The van der Waals surface area contributed by atoms with Crippen molar-refractivity contribution >= 4 is 40.0 Å². The van der Waals surface area contributed by atoms with E-state index in [1.54, 1.807) is 21.3 Å². The van der Waals surface area contributed by atoms with Crippen LogP contribution in [0.3, 0.4) is 0 Å². The molecule has 0 bridgehead atoms. The van der Waals surface area contributed by atoms with Gasteiger partial charge < -0.3 is 20.1 Å². The summed E-state index contributed by atoms with van der Waals surface area (Å²) in [4.78, 5) is 4.13. The molecule has 10 heteroatoms. The fraction of sp³-hybridized carbons (Fsp3) is 0.533. The second-order valence-corrected chi connectivity index (χ2v) is 6.88. The monoisotopic (exact) mass is 486 g/mol. The Labute approximate surface area is 166 Å². The zero-order valence-electron chi connectivity index (χ0n) is 15.0. The van der Waals surface area contributed by atoms with Gasteiger partial charge >= 0.3 is 0 Å². The van der Waals surface area contributed by atoms with E-state index in [-0.39, 0.29) is 24.0 Å². The second-order valence-electron chi connectivity index (χ2n) is 5.05. The van der Waals surface area contributed by atoms with Crippen LogP contribution in [0.2, 0.25) is 0 Å². The Hall–Kier alpha value is -1.27. The highest BCUT2D eigenvalue weighted by Crippen LogP contribution is 2.24. The van der Waals surface area contributed by atoms with Crippen LogP contribution in [0.5, 0.6) is 11.5 Å². The van der Waals surface area contributed by atoms with Gasteiger partial charge in [0, 0.05) is 38.3 Å². The predicted octanol–water partition coefficient (Wildman–Crippen LogP) is 0.926. The van der Waals surface area contributed by atoms with Crippen molar-refractivity contribution in [2.45, 2.75) is 13.0 Å². The molecule has 1 aromatic carbocycles. The summed E-state index contributed by atoms with van der Waals surface area (Å²) >= 11 is 0. The van der Waals surface area contributed by atoms with Gasteiger partial charge in [-0.05, 0) is 18.6 Å². The molecule has 25 heavy (non-hydrogen) atoms. The third-order valence-electron chi connectivity index (χ3n) is 3.17. The number of halogens is 1. The van der Waals surface area contributed by atoms with E-state index in [0.717, 1.165) is 23.3 Å². The molecule has 0 saturated heterocycles. The molecule has 0 aliphatic rings. The van der Waals surface area contributed by atoms with Crippen molar-refractivity contribution in [2.24, 2.45) is 4.99 Å². The van der Waals surface area contributed by atoms with Crippen LogP contribution in [0, 0.1) is 0 Å². The third kappa shape index (κ3) is 9.70. The summed E-state index contributed by atoms with van der Waals surface area (Å²) in [7, 11) is 1.76. The van der Waals surface area contributed by atoms with Gasteiger partial charge in [-0.1, -0.05) is 0 Å². The molecule has 3 N–H and O–H groups in total. The van der Waals surface area contributed by atoms with Crippen LogP contribution in [0.15, 0.2) is 23.2 Å². The normalized spacial score (nSPS) is 11.4. The van der Waals surface area contributed by atoms with E-state index in [4.69, 9.17) is 9.47 Å². The summed E-state index contributed by atoms with van der Waals surface area (Å²) in [6, 6.07) is 5.62. The average molecular weight is 486 g/mol. The number of benzene rings is 1. The molecule has 0 aromatic heterocycles. The molecule has 0 fully saturated rings. The Balaban J connectivity index is 0.00000576. The van der Waals surface area contributed by atoms with Crippen molar-refractivity contribution in [3.8, 4) is 11.5 Å². The molecule has 0 atom stereocenters. The van der Waals surface area contributed by atoms with Crippen molar-refractivity contribution in [1.82, 2.24) is 15.4 Å². The number of rotatable bonds is 9. The number of hydrogen-bond acceptors (Lipinski definition) is 5. The van der Waals surface area contributed by atoms with Crippen molar-refractivity contribution < 1.29 is 17.9 Å². The molecular weight excluding hydrogens is 459 g/mol. The lowest BCUT2D eigenvalue weighted by Gasteiger charge is -2.14. The van der Waals surface area contributed by atoms with Gasteiger partial charge in [0.15, 0.2) is 5.96 Å². The Bertz CT molecular complexity index is 653. The first-order valence-electron chi connectivity index (χ1n) is 7.49. The van der Waals surface area contributed by atoms with Crippen LogP contribution in [-0.2, 0) is 16.6 Å². The average Bonchev–Trinajstić information content (AvgIpc) is 2.56. The smallest absolute Gasteiger partial charge is 0.208 e. The summed E-state index contributed by atoms with van der Waals surface area (Å²) in [6.07, 6.45) is 1.79. The van der Waals surface area contributed by atoms with Gasteiger partial charge in [-0.2, -0.15) is 0 Å². The molecule has 0 aliphatic heterocycles. The number of hydrogen-bond donors (Lipinski definition) is 3. The topological polar surface area (TPSA) is 101 Å². The molecule has 0 spiro atoms. The largest absolute Gasteiger partial charge is 0.497 e. The van der Waals surface area contributed by atoms with Crippen LogP contribution >= 0.6 is 24.0 Å². The standard InChI is InChI=1S/C15H26N4O4S.HI/c1-16-15(17-8-5-9-19-24(4,20)21)18-11-12-6-7-13(22-2)10-14(12)23-3;/h6-7,10,19H,5,8-9,11H2,1-4H3,(H2,16,17,18);1H. The van der Waals surface area contributed by atoms with Crippen molar-refractivity contribution in [3.63, 3.8) is 0 Å². The minimum absolute atomic E-state index is 0. The van der Waals surface area contributed by atoms with Gasteiger partial charge in [0.05, 0.1) is 20.5 Å². The number of ether oxygens (including phenoxy) is 2. The number of aliphatic imine (C=N–C) groups is 1. The highest BCUT2D eigenvalue weighted by molar-refractivity contribution is 14.0. The van der Waals surface area contributed by atoms with Gasteiger partial charge in [-0.25, -0.2) is 13.1 Å². The first-order valence-corrected chi connectivity index (χ1v) is 9.38. The fourth-order valence-electron chi connectivity index (χ4n) is 1.95. The maximum Gasteiger partial charge on any atom is 0.208 e. The van der Waals surface area contributed by atoms with Crippen molar-refractivity contribution in [2.75, 3.05) is 40.6 Å². The summed E-state index contributed by atoms with van der Waals surface area (Å²) in [5.74, 6) is 2.10. The van der Waals surface area contributed by atoms with Crippen LogP contribution in [-0.4, -0.2) is 55.0 Å². The predicted molar refractivity (Wildman–Crippen MR) is 111 cm³/mol. The molecule has 1 rings (SSSR count). The summed E-state index contributed by atoms with van der Waals surface area (Å²) in [6.45, 7) is 1.52. The van der Waals surface area contributed by atoms with Gasteiger partial charge in [-0.15, -0.1) is 24.0 Å². The summed E-state index contributed by atoms with van der Waals surface area (Å²) < 4.78 is 34.9. The molecule has 0 aliphatic carbocycles. The van der Waals surface area contributed by atoms with E-state index in [1.165, 1.54) is 0 Å². The maximum atomic E-state index is 11.0. The number of methoxy groups -OCH3 is 2. The Morgan fingerprint density at radius 2 is 1.88 bits per heavy atom. The van der Waals surface area contributed by atoms with Crippen LogP contribution < -0.4 is 24.8 Å². The van der Waals surface area contributed by atoms with E-state index in [9.17, 15) is 8.42 Å². The minimum atomic E-state index is -3.14. The Kier molecular flexibility index (Phi) is 11.5. The highest BCUT2D eigenvalue weighted by atomic mass is 127. The van der Waals surface area contributed by atoms with Gasteiger partial charge in [-0.3, -0.25) is 4.99 Å². The lowest BCUT2D eigenvalue weighted by Crippen LogP contribution is -2.38. The molecule has 0 unspecified atom stereocenters. The molecule has 0 amide bonds. The minimum Gasteiger partial charge on any atom is -0.497 e. The number of nitrogens with zero attached hydrogens (tertiary/aromatic N) is 1. The summed E-state index contributed by atoms with van der Waals surface area (Å²) in [5.41, 5.74) is 0.972. The quantitative estimate of drug-likeness (QED) is 0.208. The highest BCUT2D eigenvalue weighted by Gasteiger charge is 2.06. The molecular formula is C15H27IN4O4S. The van der Waals surface area contributed by atoms with E-state index in [2.05, 4.69) is 20.3 Å². The van der Waals surface area contributed by atoms with E-state index in [1.807, 2.05) is 18.2 Å². The second kappa shape index (κ2) is 12.1. The zero-order valence-corrected chi connectivity index (χ0v) is 18.1. The van der Waals surface area contributed by atoms with Crippen molar-refractivity contribution in [3.05, 3.63) is 23.8 Å². The van der Waals surface area contributed by atoms with E-state index in [0.29, 0.717) is 32.0 Å². The zero-order chi connectivity index (χ0) is 18.0.